The van der Waals surface area contributed by atoms with Crippen molar-refractivity contribution in [3.05, 3.63) is 28.7 Å². The van der Waals surface area contributed by atoms with Crippen LogP contribution < -0.4 is 4.74 Å². The molecule has 1 aromatic carbocycles. The van der Waals surface area contributed by atoms with E-state index in [2.05, 4.69) is 15.9 Å². The average Bonchev–Trinajstić information content (AvgIpc) is 2.38. The van der Waals surface area contributed by atoms with Crippen LogP contribution in [0.4, 0.5) is 0 Å². The molecule has 0 N–H and O–H groups in total. The summed E-state index contributed by atoms with van der Waals surface area (Å²) in [5, 5.41) is 0. The second kappa shape index (κ2) is 6.70. The van der Waals surface area contributed by atoms with Crippen molar-refractivity contribution in [3.8, 4) is 5.75 Å². The minimum Gasteiger partial charge on any atom is -0.491 e. The maximum absolute atomic E-state index is 5.98. The van der Waals surface area contributed by atoms with E-state index in [1.54, 1.807) is 7.11 Å². The van der Waals surface area contributed by atoms with Crippen LogP contribution in [0.1, 0.15) is 6.92 Å². The maximum atomic E-state index is 5.98. The second-order valence-corrected chi connectivity index (χ2v) is 5.82. The molecule has 1 aliphatic rings. The molecule has 0 aliphatic carbocycles. The fraction of sp³-hybridized carbons (Fsp3) is 0.571. The Hall–Kier alpha value is -0.620. The van der Waals surface area contributed by atoms with Gasteiger partial charge < -0.3 is 18.9 Å². The van der Waals surface area contributed by atoms with Crippen LogP contribution >= 0.6 is 15.9 Å². The standard InChI is InChI=1S/C14H19BrO4/c1-14(9-16-2)10-17-7-13(19-14)8-18-12-5-3-11(15)4-6-12/h3-6,13H,7-10H2,1-2H3. The van der Waals surface area contributed by atoms with Gasteiger partial charge in [-0.25, -0.2) is 0 Å². The molecular formula is C14H19BrO4. The highest BCUT2D eigenvalue weighted by Crippen LogP contribution is 2.21. The summed E-state index contributed by atoms with van der Waals surface area (Å²) in [5.41, 5.74) is -0.388. The highest BCUT2D eigenvalue weighted by atomic mass is 79.9. The normalized spacial score (nSPS) is 27.2. The zero-order chi connectivity index (χ0) is 13.7. The van der Waals surface area contributed by atoms with Gasteiger partial charge in [-0.2, -0.15) is 0 Å². The third-order valence-electron chi connectivity index (χ3n) is 2.86. The van der Waals surface area contributed by atoms with Crippen molar-refractivity contribution in [2.45, 2.75) is 18.6 Å². The van der Waals surface area contributed by atoms with Crippen molar-refractivity contribution in [2.24, 2.45) is 0 Å². The Balaban J connectivity index is 1.84. The van der Waals surface area contributed by atoms with E-state index in [1.165, 1.54) is 0 Å². The molecule has 0 spiro atoms. The first kappa shape index (κ1) is 14.8. The Bertz CT molecular complexity index is 391. The first-order chi connectivity index (χ1) is 9.11. The van der Waals surface area contributed by atoms with Crippen LogP contribution in [-0.2, 0) is 14.2 Å². The van der Waals surface area contributed by atoms with Gasteiger partial charge in [0.05, 0.1) is 19.8 Å². The summed E-state index contributed by atoms with van der Waals surface area (Å²) in [4.78, 5) is 0. The van der Waals surface area contributed by atoms with Crippen molar-refractivity contribution in [2.75, 3.05) is 33.5 Å². The Morgan fingerprint density at radius 2 is 2.11 bits per heavy atom. The summed E-state index contributed by atoms with van der Waals surface area (Å²) in [5.74, 6) is 0.825. The molecule has 0 amide bonds. The quantitative estimate of drug-likeness (QED) is 0.831. The van der Waals surface area contributed by atoms with Crippen molar-refractivity contribution in [1.29, 1.82) is 0 Å². The first-order valence-corrected chi connectivity index (χ1v) is 7.03. The van der Waals surface area contributed by atoms with Crippen LogP contribution in [0.3, 0.4) is 0 Å². The fourth-order valence-corrected chi connectivity index (χ4v) is 2.32. The third-order valence-corrected chi connectivity index (χ3v) is 3.39. The predicted octanol–water partition coefficient (Wildman–Crippen LogP) is 2.65. The molecule has 5 heteroatoms. The number of ether oxygens (including phenoxy) is 4. The molecule has 2 unspecified atom stereocenters. The molecule has 1 aromatic rings. The van der Waals surface area contributed by atoms with Crippen LogP contribution in [0.15, 0.2) is 28.7 Å². The van der Waals surface area contributed by atoms with Crippen molar-refractivity contribution >= 4 is 15.9 Å². The third kappa shape index (κ3) is 4.45. The predicted molar refractivity (Wildman–Crippen MR) is 75.6 cm³/mol. The van der Waals surface area contributed by atoms with E-state index in [1.807, 2.05) is 31.2 Å². The number of halogens is 1. The minimum absolute atomic E-state index is 0.0717. The van der Waals surface area contributed by atoms with Crippen LogP contribution in [0.5, 0.6) is 5.75 Å². The maximum Gasteiger partial charge on any atom is 0.119 e. The van der Waals surface area contributed by atoms with E-state index in [9.17, 15) is 0 Å². The van der Waals surface area contributed by atoms with E-state index in [-0.39, 0.29) is 11.7 Å². The van der Waals surface area contributed by atoms with Gasteiger partial charge in [0, 0.05) is 11.6 Å². The monoisotopic (exact) mass is 330 g/mol. The Labute approximate surface area is 122 Å². The second-order valence-electron chi connectivity index (χ2n) is 4.90. The Morgan fingerprint density at radius 1 is 1.37 bits per heavy atom. The van der Waals surface area contributed by atoms with Crippen LogP contribution in [0.25, 0.3) is 0 Å². The van der Waals surface area contributed by atoms with Gasteiger partial charge >= 0.3 is 0 Å². The topological polar surface area (TPSA) is 36.9 Å². The highest BCUT2D eigenvalue weighted by Gasteiger charge is 2.34. The van der Waals surface area contributed by atoms with Gasteiger partial charge in [0.25, 0.3) is 0 Å². The van der Waals surface area contributed by atoms with Gasteiger partial charge in [-0.1, -0.05) is 15.9 Å². The summed E-state index contributed by atoms with van der Waals surface area (Å²) >= 11 is 3.39. The molecule has 19 heavy (non-hydrogen) atoms. The molecule has 0 saturated carbocycles. The molecule has 1 aliphatic heterocycles. The van der Waals surface area contributed by atoms with Gasteiger partial charge in [0.2, 0.25) is 0 Å². The number of methoxy groups -OCH3 is 1. The summed E-state index contributed by atoms with van der Waals surface area (Å²) in [7, 11) is 1.66. The average molecular weight is 331 g/mol. The lowest BCUT2D eigenvalue weighted by Gasteiger charge is -2.37. The first-order valence-electron chi connectivity index (χ1n) is 6.24. The zero-order valence-corrected chi connectivity index (χ0v) is 12.8. The smallest absolute Gasteiger partial charge is 0.119 e. The lowest BCUT2D eigenvalue weighted by molar-refractivity contribution is -0.213. The molecule has 1 fully saturated rings. The molecule has 106 valence electrons. The zero-order valence-electron chi connectivity index (χ0n) is 11.2. The summed E-state index contributed by atoms with van der Waals surface area (Å²) < 4.78 is 23.4. The van der Waals surface area contributed by atoms with E-state index in [4.69, 9.17) is 18.9 Å². The SMILES string of the molecule is COCC1(C)COCC(COc2ccc(Br)cc2)O1. The van der Waals surface area contributed by atoms with Gasteiger partial charge in [0.1, 0.15) is 24.1 Å². The van der Waals surface area contributed by atoms with E-state index in [0.29, 0.717) is 26.4 Å². The molecule has 1 heterocycles. The summed E-state index contributed by atoms with van der Waals surface area (Å²) in [6.45, 7) is 4.08. The van der Waals surface area contributed by atoms with Gasteiger partial charge in [-0.15, -0.1) is 0 Å². The number of rotatable bonds is 5. The summed E-state index contributed by atoms with van der Waals surface area (Å²) in [6, 6.07) is 7.73. The van der Waals surface area contributed by atoms with Gasteiger partial charge in [0.15, 0.2) is 0 Å². The highest BCUT2D eigenvalue weighted by molar-refractivity contribution is 9.10. The lowest BCUT2D eigenvalue weighted by atomic mass is 10.1. The van der Waals surface area contributed by atoms with Crippen molar-refractivity contribution in [3.63, 3.8) is 0 Å². The Kier molecular flexibility index (Phi) is 5.21. The minimum atomic E-state index is -0.388. The molecule has 2 atom stereocenters. The van der Waals surface area contributed by atoms with Crippen molar-refractivity contribution < 1.29 is 18.9 Å². The van der Waals surface area contributed by atoms with Crippen LogP contribution in [-0.4, -0.2) is 45.2 Å². The number of benzene rings is 1. The molecule has 4 nitrogen and oxygen atoms in total. The van der Waals surface area contributed by atoms with Gasteiger partial charge in [-0.05, 0) is 31.2 Å². The van der Waals surface area contributed by atoms with E-state index < -0.39 is 0 Å². The molecular weight excluding hydrogens is 312 g/mol. The molecule has 2 rings (SSSR count). The lowest BCUT2D eigenvalue weighted by Crippen LogP contribution is -2.50. The van der Waals surface area contributed by atoms with Crippen LogP contribution in [0.2, 0.25) is 0 Å². The molecule has 1 saturated heterocycles. The Morgan fingerprint density at radius 3 is 2.79 bits per heavy atom. The van der Waals surface area contributed by atoms with Gasteiger partial charge in [-0.3, -0.25) is 0 Å². The fourth-order valence-electron chi connectivity index (χ4n) is 2.06. The largest absolute Gasteiger partial charge is 0.491 e. The summed E-state index contributed by atoms with van der Waals surface area (Å²) in [6.07, 6.45) is -0.0717. The van der Waals surface area contributed by atoms with Crippen LogP contribution in [0, 0.1) is 0 Å². The van der Waals surface area contributed by atoms with Crippen molar-refractivity contribution in [1.82, 2.24) is 0 Å². The number of hydrogen-bond acceptors (Lipinski definition) is 4. The van der Waals surface area contributed by atoms with E-state index in [0.717, 1.165) is 10.2 Å². The number of hydrogen-bond donors (Lipinski definition) is 0. The molecule has 0 bridgehead atoms. The molecule has 0 aromatic heterocycles. The molecule has 0 radical (unpaired) electrons. The van der Waals surface area contributed by atoms with E-state index >= 15 is 0 Å².